The van der Waals surface area contributed by atoms with Crippen molar-refractivity contribution < 1.29 is 39.9 Å². The van der Waals surface area contributed by atoms with Crippen molar-refractivity contribution >= 4 is 28.9 Å². The van der Waals surface area contributed by atoms with Crippen LogP contribution in [0.2, 0.25) is 0 Å². The average molecular weight is 411 g/mol. The summed E-state index contributed by atoms with van der Waals surface area (Å²) in [7, 11) is 0. The number of hydrogen-bond acceptors (Lipinski definition) is 10. The first kappa shape index (κ1) is 20.9. The van der Waals surface area contributed by atoms with Crippen molar-refractivity contribution in [3.8, 4) is 0 Å². The van der Waals surface area contributed by atoms with Crippen molar-refractivity contribution in [3.63, 3.8) is 0 Å². The van der Waals surface area contributed by atoms with Crippen molar-refractivity contribution in [2.75, 3.05) is 11.5 Å². The topological polar surface area (TPSA) is 191 Å². The van der Waals surface area contributed by atoms with E-state index in [1.165, 1.54) is 24.7 Å². The number of aliphatic carboxylic acids is 2. The number of nitrogens with zero attached hydrogens (tertiary/aromatic N) is 5. The molecule has 0 aromatic carbocycles. The maximum atomic E-state index is 11.5. The lowest BCUT2D eigenvalue weighted by Crippen LogP contribution is -2.48. The number of aliphatic hydroxyl groups excluding tert-OH is 3. The number of imidazole rings is 1. The molecule has 0 aliphatic carbocycles. The van der Waals surface area contributed by atoms with E-state index in [0.717, 1.165) is 11.2 Å². The largest absolute Gasteiger partial charge is 0.480 e. The van der Waals surface area contributed by atoms with Gasteiger partial charge >= 0.3 is 11.9 Å². The third kappa shape index (κ3) is 3.48. The molecule has 3 heterocycles. The molecule has 13 heteroatoms. The quantitative estimate of drug-likeness (QED) is 0.343. The lowest BCUT2D eigenvalue weighted by Gasteiger charge is -2.31. The molecule has 2 unspecified atom stereocenters. The fraction of sp³-hybridized carbons (Fsp3) is 0.562. The Labute approximate surface area is 163 Å². The van der Waals surface area contributed by atoms with Gasteiger partial charge in [-0.3, -0.25) is 4.57 Å². The van der Waals surface area contributed by atoms with Crippen molar-refractivity contribution in [2.45, 2.75) is 50.5 Å². The normalized spacial score (nSPS) is 26.4. The monoisotopic (exact) mass is 411 g/mol. The summed E-state index contributed by atoms with van der Waals surface area (Å²) < 4.78 is 6.77. The summed E-state index contributed by atoms with van der Waals surface area (Å²) in [5, 5.41) is 48.3. The number of carboxylic acids is 2. The van der Waals surface area contributed by atoms with Crippen LogP contribution in [0, 0.1) is 0 Å². The van der Waals surface area contributed by atoms with Crippen LogP contribution < -0.4 is 4.90 Å². The first-order chi connectivity index (χ1) is 13.7. The number of carboxylic acid groups (broad SMARTS) is 2. The molecule has 6 atom stereocenters. The molecule has 1 aliphatic rings. The molecule has 1 saturated heterocycles. The van der Waals surface area contributed by atoms with Crippen molar-refractivity contribution in [3.05, 3.63) is 12.7 Å². The molecule has 0 bridgehead atoms. The lowest BCUT2D eigenvalue weighted by molar-refractivity contribution is -0.140. The number of ether oxygens (including phenoxy) is 1. The SMILES string of the molecule is CC(C(=O)O)N(c1ncnc2c1ncn2[C@@H]1O[C@H](CO)[C@@H](O)[C@H]1O)C(C)C(=O)O. The Hall–Kier alpha value is -2.87. The van der Waals surface area contributed by atoms with E-state index in [9.17, 15) is 35.1 Å². The number of fused-ring (bicyclic) bond motifs is 1. The molecule has 29 heavy (non-hydrogen) atoms. The molecule has 0 radical (unpaired) electrons. The smallest absolute Gasteiger partial charge is 0.326 e. The van der Waals surface area contributed by atoms with Crippen LogP contribution in [0.25, 0.3) is 11.2 Å². The van der Waals surface area contributed by atoms with Gasteiger partial charge < -0.3 is 35.2 Å². The number of anilines is 1. The summed E-state index contributed by atoms with van der Waals surface area (Å²) >= 11 is 0. The zero-order valence-corrected chi connectivity index (χ0v) is 15.5. The summed E-state index contributed by atoms with van der Waals surface area (Å²) in [6.07, 6.45) is -2.48. The minimum atomic E-state index is -1.38. The van der Waals surface area contributed by atoms with Crippen LogP contribution in [0.1, 0.15) is 20.1 Å². The predicted molar refractivity (Wildman–Crippen MR) is 95.0 cm³/mol. The van der Waals surface area contributed by atoms with E-state index in [2.05, 4.69) is 15.0 Å². The molecule has 3 rings (SSSR count). The fourth-order valence-electron chi connectivity index (χ4n) is 3.26. The van der Waals surface area contributed by atoms with E-state index >= 15 is 0 Å². The first-order valence-corrected chi connectivity index (χ1v) is 8.73. The molecular formula is C16H21N5O8. The van der Waals surface area contributed by atoms with E-state index in [1.807, 2.05) is 0 Å². The zero-order chi connectivity index (χ0) is 21.5. The van der Waals surface area contributed by atoms with E-state index < -0.39 is 55.2 Å². The summed E-state index contributed by atoms with van der Waals surface area (Å²) in [4.78, 5) is 36.4. The van der Waals surface area contributed by atoms with Crippen LogP contribution in [0.15, 0.2) is 12.7 Å². The molecule has 1 fully saturated rings. The molecule has 5 N–H and O–H groups in total. The Balaban J connectivity index is 2.09. The number of aliphatic hydroxyl groups is 3. The van der Waals surface area contributed by atoms with Gasteiger partial charge in [-0.05, 0) is 13.8 Å². The molecule has 1 aliphatic heterocycles. The Bertz CT molecular complexity index is 900. The summed E-state index contributed by atoms with van der Waals surface area (Å²) in [6.45, 7) is 2.12. The highest BCUT2D eigenvalue weighted by molar-refractivity contribution is 5.90. The second-order valence-corrected chi connectivity index (χ2v) is 6.69. The van der Waals surface area contributed by atoms with Gasteiger partial charge in [0.15, 0.2) is 23.2 Å². The predicted octanol–water partition coefficient (Wildman–Crippen LogP) is -1.81. The molecule has 13 nitrogen and oxygen atoms in total. The Kier molecular flexibility index (Phi) is 5.66. The molecule has 0 saturated carbocycles. The van der Waals surface area contributed by atoms with Gasteiger partial charge in [-0.15, -0.1) is 0 Å². The molecule has 0 spiro atoms. The molecule has 0 amide bonds. The minimum Gasteiger partial charge on any atom is -0.480 e. The van der Waals surface area contributed by atoms with Gasteiger partial charge in [0.1, 0.15) is 36.7 Å². The number of hydrogen-bond donors (Lipinski definition) is 5. The highest BCUT2D eigenvalue weighted by atomic mass is 16.6. The summed E-state index contributed by atoms with van der Waals surface area (Å²) in [6, 6.07) is -2.48. The number of aromatic nitrogens is 4. The van der Waals surface area contributed by atoms with Crippen LogP contribution in [-0.2, 0) is 14.3 Å². The third-order valence-corrected chi connectivity index (χ3v) is 4.92. The molecule has 2 aromatic heterocycles. The molecule has 158 valence electrons. The summed E-state index contributed by atoms with van der Waals surface area (Å²) in [5.74, 6) is -2.54. The van der Waals surface area contributed by atoms with Gasteiger partial charge in [0.05, 0.1) is 12.9 Å². The van der Waals surface area contributed by atoms with Gasteiger partial charge in [-0.25, -0.2) is 24.5 Å². The average Bonchev–Trinajstić information content (AvgIpc) is 3.23. The van der Waals surface area contributed by atoms with Crippen molar-refractivity contribution in [2.24, 2.45) is 0 Å². The number of carbonyl (C=O) groups is 2. The van der Waals surface area contributed by atoms with Crippen LogP contribution in [-0.4, -0.2) is 94.0 Å². The molecule has 2 aromatic rings. The fourth-order valence-corrected chi connectivity index (χ4v) is 3.26. The van der Waals surface area contributed by atoms with Gasteiger partial charge in [-0.1, -0.05) is 0 Å². The Morgan fingerprint density at radius 1 is 1.14 bits per heavy atom. The Morgan fingerprint density at radius 2 is 1.76 bits per heavy atom. The van der Waals surface area contributed by atoms with Gasteiger partial charge in [0, 0.05) is 0 Å². The second kappa shape index (κ2) is 7.87. The van der Waals surface area contributed by atoms with E-state index in [1.54, 1.807) is 0 Å². The first-order valence-electron chi connectivity index (χ1n) is 8.73. The summed E-state index contributed by atoms with van der Waals surface area (Å²) in [5.41, 5.74) is 0.219. The van der Waals surface area contributed by atoms with E-state index in [4.69, 9.17) is 4.74 Å². The maximum Gasteiger partial charge on any atom is 0.326 e. The lowest BCUT2D eigenvalue weighted by atomic mass is 10.1. The van der Waals surface area contributed by atoms with Crippen molar-refractivity contribution in [1.82, 2.24) is 19.5 Å². The highest BCUT2D eigenvalue weighted by Crippen LogP contribution is 2.33. The Morgan fingerprint density at radius 3 is 2.28 bits per heavy atom. The van der Waals surface area contributed by atoms with Crippen LogP contribution >= 0.6 is 0 Å². The van der Waals surface area contributed by atoms with Gasteiger partial charge in [0.2, 0.25) is 0 Å². The molecular weight excluding hydrogens is 390 g/mol. The second-order valence-electron chi connectivity index (χ2n) is 6.69. The van der Waals surface area contributed by atoms with E-state index in [-0.39, 0.29) is 17.0 Å². The van der Waals surface area contributed by atoms with Gasteiger partial charge in [0.25, 0.3) is 0 Å². The van der Waals surface area contributed by atoms with E-state index in [0.29, 0.717) is 0 Å². The third-order valence-electron chi connectivity index (χ3n) is 4.92. The highest BCUT2D eigenvalue weighted by Gasteiger charge is 2.44. The minimum absolute atomic E-state index is 0.0229. The zero-order valence-electron chi connectivity index (χ0n) is 15.5. The van der Waals surface area contributed by atoms with Crippen LogP contribution in [0.4, 0.5) is 5.82 Å². The maximum absolute atomic E-state index is 11.5. The van der Waals surface area contributed by atoms with Crippen LogP contribution in [0.3, 0.4) is 0 Å². The standard InChI is InChI=1S/C16H21N5O8/c1-6(15(25)26)21(7(2)16(27)28)13-9-12(17-4-18-13)20(5-19-9)14-11(24)10(23)8(3-22)29-14/h4-8,10-11,14,22-24H,3H2,1-2H3,(H,25,26)(H,27,28)/t6?,7?,8-,10-,11-,14-/m1/s1. The van der Waals surface area contributed by atoms with Crippen molar-refractivity contribution in [1.29, 1.82) is 0 Å². The van der Waals surface area contributed by atoms with Gasteiger partial charge in [-0.2, -0.15) is 0 Å². The number of rotatable bonds is 7. The van der Waals surface area contributed by atoms with Crippen LogP contribution in [0.5, 0.6) is 0 Å².